The largest absolute Gasteiger partial charge is 0.266 e. The normalized spacial score (nSPS) is 11.0. The van der Waals surface area contributed by atoms with Crippen molar-refractivity contribution in [3.05, 3.63) is 83.1 Å². The number of benzene rings is 2. The second-order valence-corrected chi connectivity index (χ2v) is 7.02. The van der Waals surface area contributed by atoms with Crippen LogP contribution in [-0.2, 0) is 16.6 Å². The summed E-state index contributed by atoms with van der Waals surface area (Å²) in [5.41, 5.74) is 0.479. The third-order valence-corrected chi connectivity index (χ3v) is 4.80. The lowest BCUT2D eigenvalue weighted by Crippen LogP contribution is -2.24. The summed E-state index contributed by atoms with van der Waals surface area (Å²) in [5, 5.41) is 5.62. The number of hydrogen-bond donors (Lipinski definition) is 2. The molecule has 0 amide bonds. The van der Waals surface area contributed by atoms with Crippen molar-refractivity contribution in [2.75, 3.05) is 0 Å². The molecule has 0 fully saturated rings. The first-order chi connectivity index (χ1) is 12.5. The molecule has 2 aromatic carbocycles. The Morgan fingerprint density at radius 2 is 1.65 bits per heavy atom. The number of hydrogen-bond acceptors (Lipinski definition) is 3. The molecule has 0 spiro atoms. The van der Waals surface area contributed by atoms with Gasteiger partial charge in [0.05, 0.1) is 6.20 Å². The van der Waals surface area contributed by atoms with Gasteiger partial charge in [-0.1, -0.05) is 30.0 Å². The summed E-state index contributed by atoms with van der Waals surface area (Å²) in [6.07, 6.45) is 1.26. The van der Waals surface area contributed by atoms with Crippen LogP contribution in [0.4, 0.5) is 8.78 Å². The molecule has 5 nitrogen and oxygen atoms in total. The van der Waals surface area contributed by atoms with Crippen LogP contribution in [-0.4, -0.2) is 18.6 Å². The van der Waals surface area contributed by atoms with E-state index in [1.165, 1.54) is 12.3 Å². The molecule has 0 bridgehead atoms. The van der Waals surface area contributed by atoms with Crippen molar-refractivity contribution in [2.24, 2.45) is 0 Å². The lowest BCUT2D eigenvalue weighted by molar-refractivity contribution is 0.543. The van der Waals surface area contributed by atoms with E-state index in [0.717, 1.165) is 12.1 Å². The van der Waals surface area contributed by atoms with E-state index in [-0.39, 0.29) is 10.6 Å². The number of aromatic nitrogens is 2. The zero-order valence-corrected chi connectivity index (χ0v) is 14.1. The summed E-state index contributed by atoms with van der Waals surface area (Å²) in [7, 11) is -3.93. The molecule has 3 aromatic rings. The highest BCUT2D eigenvalue weighted by atomic mass is 32.2. The molecule has 3 rings (SSSR count). The first kappa shape index (κ1) is 17.8. The first-order valence-electron chi connectivity index (χ1n) is 7.50. The summed E-state index contributed by atoms with van der Waals surface area (Å²) in [5.74, 6) is 3.73. The van der Waals surface area contributed by atoms with E-state index in [0.29, 0.717) is 5.56 Å². The van der Waals surface area contributed by atoms with Gasteiger partial charge in [-0.3, -0.25) is 5.10 Å². The van der Waals surface area contributed by atoms with Gasteiger partial charge in [-0.2, -0.15) is 5.10 Å². The number of sulfonamides is 1. The number of nitrogens with one attached hydrogen (secondary N) is 2. The molecule has 1 aromatic heterocycles. The molecule has 26 heavy (non-hydrogen) atoms. The van der Waals surface area contributed by atoms with Crippen LogP contribution in [0.5, 0.6) is 0 Å². The third kappa shape index (κ3) is 4.14. The Bertz CT molecular complexity index is 1050. The van der Waals surface area contributed by atoms with Gasteiger partial charge in [0, 0.05) is 23.2 Å². The van der Waals surface area contributed by atoms with Crippen LogP contribution in [0.15, 0.2) is 59.8 Å². The minimum Gasteiger partial charge on any atom is -0.266 e. The molecule has 0 aliphatic heterocycles. The van der Waals surface area contributed by atoms with Crippen LogP contribution in [0.3, 0.4) is 0 Å². The van der Waals surface area contributed by atoms with Gasteiger partial charge in [0.1, 0.15) is 11.6 Å². The maximum atomic E-state index is 14.2. The second-order valence-electron chi connectivity index (χ2n) is 5.28. The van der Waals surface area contributed by atoms with Gasteiger partial charge in [0.2, 0.25) is 0 Å². The molecule has 0 saturated carbocycles. The van der Waals surface area contributed by atoms with Crippen molar-refractivity contribution < 1.29 is 17.2 Å². The van der Waals surface area contributed by atoms with Crippen molar-refractivity contribution in [3.63, 3.8) is 0 Å². The van der Waals surface area contributed by atoms with Crippen LogP contribution in [0.25, 0.3) is 0 Å². The Balaban J connectivity index is 1.79. The fourth-order valence-electron chi connectivity index (χ4n) is 2.15. The highest BCUT2D eigenvalue weighted by molar-refractivity contribution is 7.89. The van der Waals surface area contributed by atoms with Gasteiger partial charge in [0.15, 0.2) is 5.03 Å². The fourth-order valence-corrected chi connectivity index (χ4v) is 3.05. The van der Waals surface area contributed by atoms with Gasteiger partial charge in [0.25, 0.3) is 10.0 Å². The number of H-pyrrole nitrogens is 1. The fraction of sp³-hybridized carbons (Fsp3) is 0.0556. The highest BCUT2D eigenvalue weighted by Gasteiger charge is 2.18. The molecular formula is C18H13F2N3O2S. The molecule has 0 aliphatic carbocycles. The van der Waals surface area contributed by atoms with Gasteiger partial charge in [-0.05, 0) is 30.3 Å². The lowest BCUT2D eigenvalue weighted by Gasteiger charge is -2.07. The standard InChI is InChI=1S/C18H13F2N3O2S/c19-16-10-14(7-6-13-4-2-1-3-5-13)11-17(20)15(16)12-22-26(24,25)18-8-9-21-23-18/h1-5,8-11,22H,12H2,(H,21,23). The average Bonchev–Trinajstić information content (AvgIpc) is 3.16. The Kier molecular flexibility index (Phi) is 5.11. The second kappa shape index (κ2) is 7.47. The van der Waals surface area contributed by atoms with Crippen molar-refractivity contribution in [3.8, 4) is 11.8 Å². The van der Waals surface area contributed by atoms with E-state index in [2.05, 4.69) is 26.8 Å². The van der Waals surface area contributed by atoms with E-state index >= 15 is 0 Å². The summed E-state index contributed by atoms with van der Waals surface area (Å²) < 4.78 is 54.4. The molecular weight excluding hydrogens is 360 g/mol. The average molecular weight is 373 g/mol. The monoisotopic (exact) mass is 373 g/mol. The van der Waals surface area contributed by atoms with Gasteiger partial charge < -0.3 is 0 Å². The molecule has 8 heteroatoms. The molecule has 2 N–H and O–H groups in total. The van der Waals surface area contributed by atoms with E-state index < -0.39 is 33.8 Å². The molecule has 0 aliphatic rings. The van der Waals surface area contributed by atoms with E-state index in [1.807, 2.05) is 6.07 Å². The Hall–Kier alpha value is -3.02. The molecule has 1 heterocycles. The molecule has 0 atom stereocenters. The zero-order chi connectivity index (χ0) is 18.6. The van der Waals surface area contributed by atoms with Crippen molar-refractivity contribution >= 4 is 10.0 Å². The third-order valence-electron chi connectivity index (χ3n) is 3.47. The summed E-state index contributed by atoms with van der Waals surface area (Å²) in [4.78, 5) is 0. The van der Waals surface area contributed by atoms with Crippen LogP contribution in [0.1, 0.15) is 16.7 Å². The Morgan fingerprint density at radius 1 is 1.00 bits per heavy atom. The summed E-state index contributed by atoms with van der Waals surface area (Å²) in [6, 6.07) is 12.4. The van der Waals surface area contributed by atoms with Crippen LogP contribution in [0.2, 0.25) is 0 Å². The zero-order valence-electron chi connectivity index (χ0n) is 13.3. The predicted octanol–water partition coefficient (Wildman–Crippen LogP) is 2.57. The molecule has 132 valence electrons. The van der Waals surface area contributed by atoms with E-state index in [9.17, 15) is 17.2 Å². The Labute approximate surface area is 149 Å². The number of halogens is 2. The number of nitrogens with zero attached hydrogens (tertiary/aromatic N) is 1. The van der Waals surface area contributed by atoms with Crippen molar-refractivity contribution in [2.45, 2.75) is 11.6 Å². The smallest absolute Gasteiger partial charge is 0.257 e. The Morgan fingerprint density at radius 3 is 2.27 bits per heavy atom. The van der Waals surface area contributed by atoms with Gasteiger partial charge in [-0.15, -0.1) is 0 Å². The van der Waals surface area contributed by atoms with Crippen LogP contribution >= 0.6 is 0 Å². The lowest BCUT2D eigenvalue weighted by atomic mass is 10.1. The quantitative estimate of drug-likeness (QED) is 0.691. The van der Waals surface area contributed by atoms with Crippen molar-refractivity contribution in [1.82, 2.24) is 14.9 Å². The predicted molar refractivity (Wildman–Crippen MR) is 91.4 cm³/mol. The van der Waals surface area contributed by atoms with Crippen molar-refractivity contribution in [1.29, 1.82) is 0 Å². The molecule has 0 radical (unpaired) electrons. The SMILES string of the molecule is O=S(=O)(NCc1c(F)cc(C#Cc2ccccc2)cc1F)c1ccn[nH]1. The van der Waals surface area contributed by atoms with Gasteiger partial charge in [-0.25, -0.2) is 21.9 Å². The van der Waals surface area contributed by atoms with E-state index in [4.69, 9.17) is 0 Å². The number of aromatic amines is 1. The van der Waals surface area contributed by atoms with E-state index in [1.54, 1.807) is 24.3 Å². The minimum atomic E-state index is -3.93. The molecule has 0 saturated heterocycles. The first-order valence-corrected chi connectivity index (χ1v) is 8.98. The van der Waals surface area contributed by atoms with Crippen LogP contribution < -0.4 is 4.72 Å². The maximum absolute atomic E-state index is 14.2. The summed E-state index contributed by atoms with van der Waals surface area (Å²) >= 11 is 0. The summed E-state index contributed by atoms with van der Waals surface area (Å²) in [6.45, 7) is -0.536. The number of rotatable bonds is 4. The topological polar surface area (TPSA) is 74.8 Å². The molecule has 0 unspecified atom stereocenters. The van der Waals surface area contributed by atoms with Crippen LogP contribution in [0, 0.1) is 23.5 Å². The maximum Gasteiger partial charge on any atom is 0.257 e. The van der Waals surface area contributed by atoms with Gasteiger partial charge >= 0.3 is 0 Å². The highest BCUT2D eigenvalue weighted by Crippen LogP contribution is 2.16. The minimum absolute atomic E-state index is 0.157.